The molecule has 7 nitrogen and oxygen atoms in total. The molecule has 0 unspecified atom stereocenters. The maximum atomic E-state index is 12.2. The van der Waals surface area contributed by atoms with Gasteiger partial charge in [0.05, 0.1) is 19.3 Å². The Balaban J connectivity index is 2.19. The average molecular weight is 302 g/mol. The van der Waals surface area contributed by atoms with Crippen LogP contribution in [0.2, 0.25) is 0 Å². The van der Waals surface area contributed by atoms with E-state index in [2.05, 4.69) is 0 Å². The zero-order valence-corrected chi connectivity index (χ0v) is 13.1. The van der Waals surface area contributed by atoms with Gasteiger partial charge in [-0.3, -0.25) is 4.79 Å². The summed E-state index contributed by atoms with van der Waals surface area (Å²) in [7, 11) is 1.29. The SMILES string of the molecule is COC(=O)[C@H]1[C@@]2(C)O[C@H](C)[C@]3([C@H](C)O)O[C@]1(C)O[C@]3(C)O2. The molecule has 0 aliphatic carbocycles. The number of aliphatic hydroxyl groups is 1. The van der Waals surface area contributed by atoms with Crippen LogP contribution in [0.1, 0.15) is 34.6 Å². The van der Waals surface area contributed by atoms with Gasteiger partial charge in [0.25, 0.3) is 0 Å². The third kappa shape index (κ3) is 1.53. The highest BCUT2D eigenvalue weighted by Gasteiger charge is 2.82. The van der Waals surface area contributed by atoms with Crippen LogP contribution < -0.4 is 0 Å². The maximum Gasteiger partial charge on any atom is 0.319 e. The number of hydrogen-bond donors (Lipinski definition) is 1. The van der Waals surface area contributed by atoms with Crippen LogP contribution in [0.4, 0.5) is 0 Å². The molecule has 0 amide bonds. The predicted octanol–water partition coefficient (Wildman–Crippen LogP) is 0.540. The molecule has 0 radical (unpaired) electrons. The van der Waals surface area contributed by atoms with Crippen LogP contribution in [0.3, 0.4) is 0 Å². The maximum absolute atomic E-state index is 12.2. The number of ether oxygens (including phenoxy) is 5. The normalized spacial score (nSPS) is 56.3. The fraction of sp³-hybridized carbons (Fsp3) is 0.929. The average Bonchev–Trinajstić information content (AvgIpc) is 2.49. The van der Waals surface area contributed by atoms with Gasteiger partial charge in [-0.25, -0.2) is 0 Å². The molecule has 7 atom stereocenters. The van der Waals surface area contributed by atoms with Gasteiger partial charge in [-0.1, -0.05) is 0 Å². The van der Waals surface area contributed by atoms with Gasteiger partial charge in [-0.05, 0) is 34.6 Å². The van der Waals surface area contributed by atoms with Crippen molar-refractivity contribution < 1.29 is 33.6 Å². The first-order valence-corrected chi connectivity index (χ1v) is 7.09. The fourth-order valence-corrected chi connectivity index (χ4v) is 4.39. The molecule has 3 rings (SSSR count). The second-order valence-corrected chi connectivity index (χ2v) is 6.47. The monoisotopic (exact) mass is 302 g/mol. The number of methoxy groups -OCH3 is 1. The number of carbonyl (C=O) groups is 1. The first kappa shape index (κ1) is 15.2. The Morgan fingerprint density at radius 1 is 1.19 bits per heavy atom. The minimum absolute atomic E-state index is 0.530. The van der Waals surface area contributed by atoms with Crippen LogP contribution in [0.15, 0.2) is 0 Å². The van der Waals surface area contributed by atoms with E-state index in [1.165, 1.54) is 7.11 Å². The molecule has 3 heterocycles. The minimum atomic E-state index is -1.30. The molecule has 3 bridgehead atoms. The molecular weight excluding hydrogens is 280 g/mol. The lowest BCUT2D eigenvalue weighted by Gasteiger charge is -2.56. The summed E-state index contributed by atoms with van der Waals surface area (Å²) in [6.07, 6.45) is -1.45. The molecule has 21 heavy (non-hydrogen) atoms. The van der Waals surface area contributed by atoms with Crippen LogP contribution in [0.25, 0.3) is 0 Å². The van der Waals surface area contributed by atoms with Gasteiger partial charge in [0.2, 0.25) is 5.79 Å². The highest BCUT2D eigenvalue weighted by molar-refractivity contribution is 5.75. The Morgan fingerprint density at radius 2 is 1.76 bits per heavy atom. The molecule has 1 N–H and O–H groups in total. The first-order valence-electron chi connectivity index (χ1n) is 7.09. The van der Waals surface area contributed by atoms with E-state index in [9.17, 15) is 9.90 Å². The van der Waals surface area contributed by atoms with E-state index in [0.29, 0.717) is 0 Å². The van der Waals surface area contributed by atoms with Crippen molar-refractivity contribution in [3.05, 3.63) is 0 Å². The van der Waals surface area contributed by atoms with E-state index in [0.717, 1.165) is 0 Å². The molecule has 0 saturated carbocycles. The van der Waals surface area contributed by atoms with Crippen molar-refractivity contribution in [3.63, 3.8) is 0 Å². The van der Waals surface area contributed by atoms with Crippen LogP contribution in [0, 0.1) is 5.92 Å². The third-order valence-corrected chi connectivity index (χ3v) is 5.00. The summed E-state index contributed by atoms with van der Waals surface area (Å²) < 4.78 is 28.8. The summed E-state index contributed by atoms with van der Waals surface area (Å²) in [4.78, 5) is 12.2. The summed E-state index contributed by atoms with van der Waals surface area (Å²) >= 11 is 0. The summed E-state index contributed by atoms with van der Waals surface area (Å²) in [5, 5.41) is 10.3. The van der Waals surface area contributed by atoms with E-state index in [1.807, 2.05) is 0 Å². The van der Waals surface area contributed by atoms with Gasteiger partial charge in [0.1, 0.15) is 0 Å². The number of aliphatic hydroxyl groups excluding tert-OH is 1. The standard InChI is InChI=1S/C14H22O7/c1-7(15)14-8(2)18-11(3)9(10(16)17-6)12(4,21-14)20-13(14,5)19-11/h7-9,15H,1-6H3/t7-,8+,9-,11-,12-,13-,14-/m0/s1. The number of esters is 1. The van der Waals surface area contributed by atoms with E-state index < -0.39 is 47.1 Å². The van der Waals surface area contributed by atoms with Crippen molar-refractivity contribution in [3.8, 4) is 0 Å². The second-order valence-electron chi connectivity index (χ2n) is 6.47. The van der Waals surface area contributed by atoms with Gasteiger partial charge in [-0.2, -0.15) is 0 Å². The van der Waals surface area contributed by atoms with E-state index >= 15 is 0 Å². The largest absolute Gasteiger partial charge is 0.468 e. The highest BCUT2D eigenvalue weighted by Crippen LogP contribution is 2.63. The van der Waals surface area contributed by atoms with E-state index in [1.54, 1.807) is 34.6 Å². The quantitative estimate of drug-likeness (QED) is 0.745. The topological polar surface area (TPSA) is 83.5 Å². The van der Waals surface area contributed by atoms with Gasteiger partial charge in [0.15, 0.2) is 23.1 Å². The predicted molar refractivity (Wildman–Crippen MR) is 68.9 cm³/mol. The van der Waals surface area contributed by atoms with Gasteiger partial charge < -0.3 is 28.8 Å². The lowest BCUT2D eigenvalue weighted by molar-refractivity contribution is -0.467. The van der Waals surface area contributed by atoms with Crippen LogP contribution in [0.5, 0.6) is 0 Å². The summed E-state index contributed by atoms with van der Waals surface area (Å²) in [6, 6.07) is 0. The molecule has 0 aromatic rings. The third-order valence-electron chi connectivity index (χ3n) is 5.00. The second kappa shape index (κ2) is 3.97. The van der Waals surface area contributed by atoms with Crippen molar-refractivity contribution in [2.45, 2.75) is 69.8 Å². The van der Waals surface area contributed by atoms with Gasteiger partial charge in [-0.15, -0.1) is 0 Å². The van der Waals surface area contributed by atoms with E-state index in [-0.39, 0.29) is 0 Å². The fourth-order valence-electron chi connectivity index (χ4n) is 4.39. The molecular formula is C14H22O7. The summed E-state index contributed by atoms with van der Waals surface area (Å²) in [6.45, 7) is 8.40. The molecule has 3 fully saturated rings. The van der Waals surface area contributed by atoms with Crippen LogP contribution >= 0.6 is 0 Å². The molecule has 0 spiro atoms. The lowest BCUT2D eigenvalue weighted by atomic mass is 9.81. The molecule has 0 aromatic carbocycles. The number of carbonyl (C=O) groups excluding carboxylic acids is 1. The number of rotatable bonds is 2. The first-order chi connectivity index (χ1) is 9.55. The Labute approximate surface area is 123 Å². The molecule has 3 saturated heterocycles. The molecule has 0 aromatic heterocycles. The summed E-state index contributed by atoms with van der Waals surface area (Å²) in [5.74, 6) is -5.22. The van der Waals surface area contributed by atoms with Crippen LogP contribution in [-0.4, -0.2) is 53.4 Å². The van der Waals surface area contributed by atoms with Crippen LogP contribution in [-0.2, 0) is 28.5 Å². The smallest absolute Gasteiger partial charge is 0.319 e. The van der Waals surface area contributed by atoms with Crippen molar-refractivity contribution in [1.29, 1.82) is 0 Å². The van der Waals surface area contributed by atoms with Crippen molar-refractivity contribution in [1.82, 2.24) is 0 Å². The highest BCUT2D eigenvalue weighted by atomic mass is 16.9. The minimum Gasteiger partial charge on any atom is -0.468 e. The Bertz CT molecular complexity index is 494. The molecule has 7 heteroatoms. The molecule has 120 valence electrons. The Morgan fingerprint density at radius 3 is 2.29 bits per heavy atom. The zero-order chi connectivity index (χ0) is 15.8. The van der Waals surface area contributed by atoms with Crippen molar-refractivity contribution in [2.24, 2.45) is 5.92 Å². The van der Waals surface area contributed by atoms with Crippen molar-refractivity contribution in [2.75, 3.05) is 7.11 Å². The summed E-state index contributed by atoms with van der Waals surface area (Å²) in [5.41, 5.74) is -1.22. The Kier molecular flexibility index (Phi) is 2.87. The molecule has 3 aliphatic rings. The molecule has 3 aliphatic heterocycles. The van der Waals surface area contributed by atoms with Gasteiger partial charge in [0, 0.05) is 0 Å². The lowest BCUT2D eigenvalue weighted by Crippen LogP contribution is -2.74. The van der Waals surface area contributed by atoms with Gasteiger partial charge >= 0.3 is 5.97 Å². The van der Waals surface area contributed by atoms with Crippen molar-refractivity contribution >= 4 is 5.97 Å². The number of fused-ring (bicyclic) bond motifs is 2. The number of hydrogen-bond acceptors (Lipinski definition) is 7. The zero-order valence-electron chi connectivity index (χ0n) is 13.1. The van der Waals surface area contributed by atoms with E-state index in [4.69, 9.17) is 23.7 Å². The Hall–Kier alpha value is -0.730.